The molecule has 0 saturated heterocycles. The Morgan fingerprint density at radius 1 is 1.38 bits per heavy atom. The fourth-order valence-electron chi connectivity index (χ4n) is 0.430. The molecule has 0 aliphatic heterocycles. The van der Waals surface area contributed by atoms with Gasteiger partial charge in [0.1, 0.15) is 0 Å². The second-order valence-electron chi connectivity index (χ2n) is 2.30. The van der Waals surface area contributed by atoms with Gasteiger partial charge in [0.05, 0.1) is 0 Å². The molecule has 0 aromatic carbocycles. The van der Waals surface area contributed by atoms with Crippen LogP contribution in [0.2, 0.25) is 5.54 Å². The molecule has 3 radical (unpaired) electrons. The molecule has 0 aromatic heterocycles. The van der Waals surface area contributed by atoms with Crippen molar-refractivity contribution in [1.29, 1.82) is 0 Å². The zero-order valence-electron chi connectivity index (χ0n) is 5.81. The summed E-state index contributed by atoms with van der Waals surface area (Å²) in [7, 11) is 3.56. The van der Waals surface area contributed by atoms with Crippen molar-refractivity contribution in [2.24, 2.45) is 5.92 Å². The largest absolute Gasteiger partial charge is 0.0917 e. The van der Waals surface area contributed by atoms with E-state index >= 15 is 0 Å². The van der Waals surface area contributed by atoms with Gasteiger partial charge in [-0.15, -0.1) is 0 Å². The van der Waals surface area contributed by atoms with Crippen molar-refractivity contribution in [3.05, 3.63) is 12.2 Å². The second-order valence-corrected chi connectivity index (χ2v) is 2.96. The predicted molar refractivity (Wildman–Crippen MR) is 39.2 cm³/mol. The standard InChI is InChI=1S/C7H13Si/c1-4-5-7(8)6(2)3/h4-7H,1-3H3/b5-4-/t7-/m1/s1. The molecule has 0 aliphatic rings. The quantitative estimate of drug-likeness (QED) is 0.392. The molecular weight excluding hydrogens is 112 g/mol. The molecule has 0 rings (SSSR count). The highest BCUT2D eigenvalue weighted by molar-refractivity contribution is 6.13. The van der Waals surface area contributed by atoms with Gasteiger partial charge in [0.2, 0.25) is 0 Å². The van der Waals surface area contributed by atoms with Crippen LogP contribution in [0.4, 0.5) is 0 Å². The maximum Gasteiger partial charge on any atom is 0.0326 e. The first kappa shape index (κ1) is 7.96. The molecule has 0 fully saturated rings. The normalized spacial score (nSPS) is 15.6. The zero-order valence-corrected chi connectivity index (χ0v) is 6.81. The Morgan fingerprint density at radius 2 is 1.88 bits per heavy atom. The average molecular weight is 125 g/mol. The van der Waals surface area contributed by atoms with E-state index in [1.165, 1.54) is 0 Å². The van der Waals surface area contributed by atoms with Gasteiger partial charge in [-0.2, -0.15) is 0 Å². The fourth-order valence-corrected chi connectivity index (χ4v) is 0.622. The fraction of sp³-hybridized carbons (Fsp3) is 0.714. The van der Waals surface area contributed by atoms with Crippen LogP contribution in [0.1, 0.15) is 20.8 Å². The zero-order chi connectivity index (χ0) is 6.57. The Morgan fingerprint density at radius 3 is 2.00 bits per heavy atom. The molecule has 45 valence electrons. The Bertz CT molecular complexity index is 74.5. The average Bonchev–Trinajstić information content (AvgIpc) is 1.67. The Hall–Kier alpha value is -0.0431. The molecular formula is C7H13Si. The molecule has 0 N–H and O–H groups in total. The summed E-state index contributed by atoms with van der Waals surface area (Å²) in [5.41, 5.74) is 0.542. The predicted octanol–water partition coefficient (Wildman–Crippen LogP) is 2.18. The van der Waals surface area contributed by atoms with Gasteiger partial charge in [-0.3, -0.25) is 0 Å². The Labute approximate surface area is 55.4 Å². The third-order valence-electron chi connectivity index (χ3n) is 1.12. The van der Waals surface area contributed by atoms with Crippen molar-refractivity contribution in [3.8, 4) is 0 Å². The van der Waals surface area contributed by atoms with Crippen molar-refractivity contribution >= 4 is 10.2 Å². The summed E-state index contributed by atoms with van der Waals surface area (Å²) < 4.78 is 0. The third-order valence-corrected chi connectivity index (χ3v) is 1.98. The van der Waals surface area contributed by atoms with Gasteiger partial charge in [0.25, 0.3) is 0 Å². The SMILES string of the molecule is C/C=C\[C@@H]([Si])C(C)C. The van der Waals surface area contributed by atoms with E-state index in [0.717, 1.165) is 0 Å². The van der Waals surface area contributed by atoms with Crippen LogP contribution in [-0.2, 0) is 0 Å². The van der Waals surface area contributed by atoms with E-state index in [-0.39, 0.29) is 0 Å². The molecule has 0 bridgehead atoms. The lowest BCUT2D eigenvalue weighted by Crippen LogP contribution is -1.96. The summed E-state index contributed by atoms with van der Waals surface area (Å²) in [6.07, 6.45) is 4.22. The molecule has 0 aromatic rings. The van der Waals surface area contributed by atoms with Crippen molar-refractivity contribution in [2.75, 3.05) is 0 Å². The first-order valence-corrected chi connectivity index (χ1v) is 3.60. The van der Waals surface area contributed by atoms with Crippen LogP contribution in [0.25, 0.3) is 0 Å². The van der Waals surface area contributed by atoms with Crippen LogP contribution in [0.15, 0.2) is 12.2 Å². The van der Waals surface area contributed by atoms with Crippen molar-refractivity contribution in [2.45, 2.75) is 26.3 Å². The van der Waals surface area contributed by atoms with Gasteiger partial charge in [0.15, 0.2) is 0 Å². The number of hydrogen-bond acceptors (Lipinski definition) is 0. The topological polar surface area (TPSA) is 0 Å². The van der Waals surface area contributed by atoms with E-state index < -0.39 is 0 Å². The first-order chi connectivity index (χ1) is 3.68. The second kappa shape index (κ2) is 3.90. The van der Waals surface area contributed by atoms with Crippen LogP contribution >= 0.6 is 0 Å². The lowest BCUT2D eigenvalue weighted by Gasteiger charge is -2.07. The summed E-state index contributed by atoms with van der Waals surface area (Å²) >= 11 is 0. The van der Waals surface area contributed by atoms with Crippen molar-refractivity contribution in [3.63, 3.8) is 0 Å². The molecule has 0 unspecified atom stereocenters. The number of rotatable bonds is 2. The van der Waals surface area contributed by atoms with Gasteiger partial charge in [-0.25, -0.2) is 0 Å². The summed E-state index contributed by atoms with van der Waals surface area (Å²) in [6.45, 7) is 6.42. The highest BCUT2D eigenvalue weighted by atomic mass is 28.1. The molecule has 0 amide bonds. The molecule has 0 nitrogen and oxygen atoms in total. The van der Waals surface area contributed by atoms with E-state index in [9.17, 15) is 0 Å². The first-order valence-electron chi connectivity index (χ1n) is 3.02. The van der Waals surface area contributed by atoms with E-state index in [1.807, 2.05) is 6.92 Å². The molecule has 1 heteroatoms. The minimum absolute atomic E-state index is 0.542. The van der Waals surface area contributed by atoms with Crippen LogP contribution in [0, 0.1) is 5.92 Å². The minimum atomic E-state index is 0.542. The maximum atomic E-state index is 3.56. The Kier molecular flexibility index (Phi) is 3.88. The van der Waals surface area contributed by atoms with Gasteiger partial charge in [0, 0.05) is 10.2 Å². The van der Waals surface area contributed by atoms with E-state index in [0.29, 0.717) is 11.5 Å². The number of allylic oxidation sites excluding steroid dienone is 2. The van der Waals surface area contributed by atoms with E-state index in [2.05, 4.69) is 36.2 Å². The molecule has 1 atom stereocenters. The lowest BCUT2D eigenvalue weighted by molar-refractivity contribution is 0.662. The highest BCUT2D eigenvalue weighted by Crippen LogP contribution is 2.13. The van der Waals surface area contributed by atoms with E-state index in [4.69, 9.17) is 0 Å². The van der Waals surface area contributed by atoms with Crippen LogP contribution in [-0.4, -0.2) is 10.2 Å². The molecule has 0 saturated carbocycles. The van der Waals surface area contributed by atoms with E-state index in [1.54, 1.807) is 0 Å². The summed E-state index contributed by atoms with van der Waals surface area (Å²) in [5, 5.41) is 0. The van der Waals surface area contributed by atoms with Gasteiger partial charge in [-0.05, 0) is 18.4 Å². The van der Waals surface area contributed by atoms with Crippen LogP contribution in [0.5, 0.6) is 0 Å². The molecule has 0 aliphatic carbocycles. The van der Waals surface area contributed by atoms with Crippen molar-refractivity contribution in [1.82, 2.24) is 0 Å². The monoisotopic (exact) mass is 125 g/mol. The van der Waals surface area contributed by atoms with Gasteiger partial charge >= 0.3 is 0 Å². The Balaban J connectivity index is 3.47. The summed E-state index contributed by atoms with van der Waals surface area (Å²) in [5.74, 6) is 0.697. The molecule has 8 heavy (non-hydrogen) atoms. The van der Waals surface area contributed by atoms with Crippen molar-refractivity contribution < 1.29 is 0 Å². The third kappa shape index (κ3) is 3.02. The maximum absolute atomic E-state index is 3.56. The summed E-state index contributed by atoms with van der Waals surface area (Å²) in [4.78, 5) is 0. The minimum Gasteiger partial charge on any atom is -0.0917 e. The number of hydrogen-bond donors (Lipinski definition) is 0. The van der Waals surface area contributed by atoms with Gasteiger partial charge in [-0.1, -0.05) is 26.0 Å². The molecule has 0 heterocycles. The molecule has 0 spiro atoms. The lowest BCUT2D eigenvalue weighted by atomic mass is 10.1. The van der Waals surface area contributed by atoms with Crippen LogP contribution in [0.3, 0.4) is 0 Å². The van der Waals surface area contributed by atoms with Gasteiger partial charge < -0.3 is 0 Å². The summed E-state index contributed by atoms with van der Waals surface area (Å²) in [6, 6.07) is 0. The smallest absolute Gasteiger partial charge is 0.0326 e. The highest BCUT2D eigenvalue weighted by Gasteiger charge is 1.99. The van der Waals surface area contributed by atoms with Crippen LogP contribution < -0.4 is 0 Å².